The van der Waals surface area contributed by atoms with E-state index in [4.69, 9.17) is 0 Å². The van der Waals surface area contributed by atoms with E-state index in [2.05, 4.69) is 0 Å². The van der Waals surface area contributed by atoms with Crippen LogP contribution in [0.3, 0.4) is 0 Å². The molecule has 2 fully saturated rings. The predicted octanol–water partition coefficient (Wildman–Crippen LogP) is 5.89. The van der Waals surface area contributed by atoms with Crippen molar-refractivity contribution >= 4 is 5.57 Å². The van der Waals surface area contributed by atoms with Gasteiger partial charge in [0.2, 0.25) is 0 Å². The Morgan fingerprint density at radius 3 is 1.76 bits per heavy atom. The third-order valence-electron chi connectivity index (χ3n) is 6.06. The second-order valence-corrected chi connectivity index (χ2v) is 7.62. The van der Waals surface area contributed by atoms with Gasteiger partial charge in [-0.15, -0.1) is 0 Å². The molecule has 0 amide bonds. The lowest BCUT2D eigenvalue weighted by molar-refractivity contribution is 0.199. The normalized spacial score (nSPS) is 23.1. The minimum absolute atomic E-state index is 0.301. The van der Waals surface area contributed by atoms with Gasteiger partial charge < -0.3 is 10.2 Å². The van der Waals surface area contributed by atoms with Gasteiger partial charge in [-0.1, -0.05) is 49.1 Å². The Labute approximate surface area is 149 Å². The number of benzene rings is 2. The Balaban J connectivity index is 1.76. The van der Waals surface area contributed by atoms with Crippen molar-refractivity contribution in [1.82, 2.24) is 0 Å². The fraction of sp³-hybridized carbons (Fsp3) is 0.391. The monoisotopic (exact) mass is 334 g/mol. The molecular weight excluding hydrogens is 308 g/mol. The number of phenolic OH excluding ortho intramolecular Hbond substituents is 2. The minimum atomic E-state index is 0.301. The molecule has 4 rings (SSSR count). The molecule has 0 spiro atoms. The lowest BCUT2D eigenvalue weighted by Crippen LogP contribution is -2.24. The largest absolute Gasteiger partial charge is 0.508 e. The molecule has 2 aromatic carbocycles. The van der Waals surface area contributed by atoms with Crippen LogP contribution in [-0.4, -0.2) is 10.2 Å². The Hall–Kier alpha value is -2.22. The third-order valence-corrected chi connectivity index (χ3v) is 6.06. The van der Waals surface area contributed by atoms with Crippen molar-refractivity contribution in [1.29, 1.82) is 0 Å². The van der Waals surface area contributed by atoms with Crippen molar-refractivity contribution in [2.24, 2.45) is 11.8 Å². The molecule has 0 aliphatic heterocycles. The smallest absolute Gasteiger partial charge is 0.115 e. The molecule has 130 valence electrons. The van der Waals surface area contributed by atoms with Gasteiger partial charge in [0.25, 0.3) is 0 Å². The Kier molecular flexibility index (Phi) is 4.52. The molecular formula is C23H26O2. The number of hydrogen-bond donors (Lipinski definition) is 2. The first-order chi connectivity index (χ1) is 12.2. The van der Waals surface area contributed by atoms with Gasteiger partial charge >= 0.3 is 0 Å². The predicted molar refractivity (Wildman–Crippen MR) is 102 cm³/mol. The van der Waals surface area contributed by atoms with Crippen LogP contribution < -0.4 is 0 Å². The molecule has 25 heavy (non-hydrogen) atoms. The third kappa shape index (κ3) is 3.44. The Morgan fingerprint density at radius 2 is 1.20 bits per heavy atom. The number of hydrogen-bond acceptors (Lipinski definition) is 2. The van der Waals surface area contributed by atoms with Gasteiger partial charge in [0.1, 0.15) is 11.5 Å². The summed E-state index contributed by atoms with van der Waals surface area (Å²) >= 11 is 0. The zero-order valence-electron chi connectivity index (χ0n) is 14.6. The van der Waals surface area contributed by atoms with E-state index in [-0.39, 0.29) is 0 Å². The molecule has 0 bridgehead atoms. The molecule has 2 N–H and O–H groups in total. The van der Waals surface area contributed by atoms with Crippen molar-refractivity contribution < 1.29 is 10.2 Å². The average molecular weight is 334 g/mol. The molecule has 2 nitrogen and oxygen atoms in total. The first-order valence-electron chi connectivity index (χ1n) is 9.51. The van der Waals surface area contributed by atoms with Crippen LogP contribution in [0, 0.1) is 11.8 Å². The fourth-order valence-corrected chi connectivity index (χ4v) is 4.77. The molecule has 0 heterocycles. The van der Waals surface area contributed by atoms with Crippen LogP contribution in [0.15, 0.2) is 54.1 Å². The van der Waals surface area contributed by atoms with E-state index in [1.165, 1.54) is 44.1 Å². The summed E-state index contributed by atoms with van der Waals surface area (Å²) in [4.78, 5) is 0. The molecule has 2 aliphatic rings. The second kappa shape index (κ2) is 6.95. The van der Waals surface area contributed by atoms with E-state index in [0.717, 1.165) is 29.4 Å². The van der Waals surface area contributed by atoms with Crippen LogP contribution in [0.4, 0.5) is 0 Å². The molecule has 0 radical (unpaired) electrons. The van der Waals surface area contributed by atoms with Gasteiger partial charge in [0.15, 0.2) is 0 Å². The molecule has 0 saturated heterocycles. The minimum Gasteiger partial charge on any atom is -0.508 e. The number of phenols is 2. The van der Waals surface area contributed by atoms with Crippen LogP contribution in [0.1, 0.15) is 56.1 Å². The van der Waals surface area contributed by atoms with E-state index < -0.39 is 0 Å². The Morgan fingerprint density at radius 1 is 0.680 bits per heavy atom. The summed E-state index contributed by atoms with van der Waals surface area (Å²) < 4.78 is 0. The summed E-state index contributed by atoms with van der Waals surface area (Å²) in [5, 5.41) is 19.3. The lowest BCUT2D eigenvalue weighted by atomic mass is 9.68. The van der Waals surface area contributed by atoms with E-state index in [1.54, 1.807) is 29.8 Å². The highest BCUT2D eigenvalue weighted by Gasteiger charge is 2.31. The van der Waals surface area contributed by atoms with Gasteiger partial charge in [-0.2, -0.15) is 0 Å². The summed E-state index contributed by atoms with van der Waals surface area (Å²) in [5.74, 6) is 2.35. The molecule has 2 saturated carbocycles. The SMILES string of the molecule is Oc1ccc(C(=C2CC[C@H]3CCCC[C@@H]3C2)c2ccc(O)cc2)cc1. The summed E-state index contributed by atoms with van der Waals surface area (Å²) in [6.07, 6.45) is 9.23. The molecule has 2 heteroatoms. The summed E-state index contributed by atoms with van der Waals surface area (Å²) in [6.45, 7) is 0. The number of allylic oxidation sites excluding steroid dienone is 1. The van der Waals surface area contributed by atoms with Crippen LogP contribution >= 0.6 is 0 Å². The van der Waals surface area contributed by atoms with Gasteiger partial charge in [-0.05, 0) is 78.5 Å². The molecule has 0 unspecified atom stereocenters. The maximum atomic E-state index is 9.66. The number of rotatable bonds is 2. The van der Waals surface area contributed by atoms with E-state index in [9.17, 15) is 10.2 Å². The van der Waals surface area contributed by atoms with Crippen molar-refractivity contribution in [2.45, 2.75) is 44.9 Å². The highest BCUT2D eigenvalue weighted by molar-refractivity contribution is 5.82. The standard InChI is InChI=1S/C23H26O2/c24-21-11-7-17(8-12-21)23(18-9-13-22(25)14-10-18)20-6-5-16-3-1-2-4-19(16)15-20/h7-14,16,19,24-25H,1-6,15H2/t16-,19-/m1/s1. The maximum absolute atomic E-state index is 9.66. The van der Waals surface area contributed by atoms with Gasteiger partial charge in [-0.25, -0.2) is 0 Å². The summed E-state index contributed by atoms with van der Waals surface area (Å²) in [7, 11) is 0. The molecule has 2 aromatic rings. The molecule has 2 atom stereocenters. The second-order valence-electron chi connectivity index (χ2n) is 7.62. The first kappa shape index (κ1) is 16.3. The van der Waals surface area contributed by atoms with Crippen molar-refractivity contribution in [3.05, 3.63) is 65.2 Å². The Bertz CT molecular complexity index is 708. The van der Waals surface area contributed by atoms with Crippen molar-refractivity contribution in [3.8, 4) is 11.5 Å². The van der Waals surface area contributed by atoms with Gasteiger partial charge in [-0.3, -0.25) is 0 Å². The quantitative estimate of drug-likeness (QED) is 0.719. The van der Waals surface area contributed by atoms with Crippen LogP contribution in [-0.2, 0) is 0 Å². The topological polar surface area (TPSA) is 40.5 Å². The highest BCUT2D eigenvalue weighted by atomic mass is 16.3. The number of aromatic hydroxyl groups is 2. The summed E-state index contributed by atoms with van der Waals surface area (Å²) in [6, 6.07) is 15.1. The first-order valence-corrected chi connectivity index (χ1v) is 9.51. The van der Waals surface area contributed by atoms with Crippen molar-refractivity contribution in [3.63, 3.8) is 0 Å². The van der Waals surface area contributed by atoms with Gasteiger partial charge in [0, 0.05) is 0 Å². The van der Waals surface area contributed by atoms with Crippen LogP contribution in [0.5, 0.6) is 11.5 Å². The highest BCUT2D eigenvalue weighted by Crippen LogP contribution is 2.45. The molecule has 2 aliphatic carbocycles. The van der Waals surface area contributed by atoms with E-state index in [0.29, 0.717) is 11.5 Å². The lowest BCUT2D eigenvalue weighted by Gasteiger charge is -2.37. The zero-order valence-corrected chi connectivity index (χ0v) is 14.6. The van der Waals surface area contributed by atoms with Gasteiger partial charge in [0.05, 0.1) is 0 Å². The summed E-state index contributed by atoms with van der Waals surface area (Å²) in [5.41, 5.74) is 5.16. The van der Waals surface area contributed by atoms with E-state index >= 15 is 0 Å². The molecule has 0 aromatic heterocycles. The van der Waals surface area contributed by atoms with Crippen LogP contribution in [0.2, 0.25) is 0 Å². The fourth-order valence-electron chi connectivity index (χ4n) is 4.77. The zero-order chi connectivity index (χ0) is 17.2. The van der Waals surface area contributed by atoms with Crippen molar-refractivity contribution in [2.75, 3.05) is 0 Å². The average Bonchev–Trinajstić information content (AvgIpc) is 2.65. The van der Waals surface area contributed by atoms with E-state index in [1.807, 2.05) is 24.3 Å². The number of fused-ring (bicyclic) bond motifs is 1. The maximum Gasteiger partial charge on any atom is 0.115 e. The van der Waals surface area contributed by atoms with Crippen LogP contribution in [0.25, 0.3) is 5.57 Å².